The Balaban J connectivity index is 1.40. The molecule has 0 aromatic carbocycles. The van der Waals surface area contributed by atoms with Crippen molar-refractivity contribution in [3.63, 3.8) is 0 Å². The lowest BCUT2D eigenvalue weighted by Crippen LogP contribution is -2.40. The Morgan fingerprint density at radius 1 is 0.936 bits per heavy atom. The summed E-state index contributed by atoms with van der Waals surface area (Å²) in [6.07, 6.45) is 18.7. The van der Waals surface area contributed by atoms with E-state index in [1.54, 1.807) is 0 Å². The summed E-state index contributed by atoms with van der Waals surface area (Å²) < 4.78 is 56.4. The molecule has 0 saturated carbocycles. The molecule has 272 valence electrons. The molecule has 2 saturated heterocycles. The lowest BCUT2D eigenvalue weighted by atomic mass is 9.95. The van der Waals surface area contributed by atoms with E-state index in [2.05, 4.69) is 5.32 Å². The van der Waals surface area contributed by atoms with Gasteiger partial charge in [0.15, 0.2) is 5.79 Å². The minimum absolute atomic E-state index is 0.0350. The zero-order valence-electron chi connectivity index (χ0n) is 27.8. The SMILES string of the molecule is O=C1/C=C\CCCCCC2OC3(CCCCC(C(O)CCCCCCCCOCC(CO)NS(=O)(=O)O)OC(=O)CN1)CCCC2O3. The minimum atomic E-state index is -4.40. The molecule has 14 heteroatoms. The number of carbonyl (C=O) groups is 2. The smallest absolute Gasteiger partial charge is 0.333 e. The summed E-state index contributed by atoms with van der Waals surface area (Å²) in [5.41, 5.74) is 0. The highest BCUT2D eigenvalue weighted by Crippen LogP contribution is 2.44. The molecule has 3 aliphatic rings. The van der Waals surface area contributed by atoms with Crippen LogP contribution in [-0.2, 0) is 38.8 Å². The molecule has 3 aliphatic heterocycles. The fraction of sp³-hybridized carbons (Fsp3) is 0.879. The van der Waals surface area contributed by atoms with Crippen LogP contribution in [0.5, 0.6) is 0 Å². The molecule has 3 bridgehead atoms. The Kier molecular flexibility index (Phi) is 18.1. The van der Waals surface area contributed by atoms with E-state index < -0.39 is 46.9 Å². The number of amides is 1. The molecule has 1 amide bonds. The molecule has 0 aliphatic carbocycles. The van der Waals surface area contributed by atoms with Gasteiger partial charge in [-0.15, -0.1) is 0 Å². The highest BCUT2D eigenvalue weighted by Gasteiger charge is 2.49. The summed E-state index contributed by atoms with van der Waals surface area (Å²) in [7, 11) is -4.40. The highest BCUT2D eigenvalue weighted by atomic mass is 32.2. The number of ether oxygens (including phenoxy) is 4. The Morgan fingerprint density at radius 3 is 2.36 bits per heavy atom. The number of esters is 1. The van der Waals surface area contributed by atoms with Crippen molar-refractivity contribution in [3.8, 4) is 0 Å². The first-order chi connectivity index (χ1) is 22.6. The Labute approximate surface area is 280 Å². The van der Waals surface area contributed by atoms with Crippen molar-refractivity contribution >= 4 is 22.2 Å². The van der Waals surface area contributed by atoms with Crippen LogP contribution in [-0.4, -0.2) is 97.7 Å². The van der Waals surface area contributed by atoms with Gasteiger partial charge in [-0.05, 0) is 70.3 Å². The number of unbranched alkanes of at least 4 members (excludes halogenated alkanes) is 5. The van der Waals surface area contributed by atoms with E-state index in [0.29, 0.717) is 19.4 Å². The van der Waals surface area contributed by atoms with Crippen LogP contribution in [0.15, 0.2) is 12.2 Å². The number of aliphatic hydroxyl groups excluding tert-OH is 2. The van der Waals surface area contributed by atoms with Crippen LogP contribution in [0.25, 0.3) is 0 Å². The molecule has 6 atom stereocenters. The number of hydrogen-bond donors (Lipinski definition) is 5. The normalized spacial score (nSPS) is 29.0. The third kappa shape index (κ3) is 16.1. The van der Waals surface area contributed by atoms with Gasteiger partial charge in [-0.1, -0.05) is 51.0 Å². The van der Waals surface area contributed by atoms with Crippen molar-refractivity contribution in [3.05, 3.63) is 12.2 Å². The van der Waals surface area contributed by atoms with Gasteiger partial charge in [0.1, 0.15) is 12.6 Å². The van der Waals surface area contributed by atoms with Crippen LogP contribution >= 0.6 is 0 Å². The Bertz CT molecular complexity index is 1060. The van der Waals surface area contributed by atoms with E-state index in [9.17, 15) is 23.1 Å². The summed E-state index contributed by atoms with van der Waals surface area (Å²) >= 11 is 0. The van der Waals surface area contributed by atoms with E-state index in [1.165, 1.54) is 6.08 Å². The van der Waals surface area contributed by atoms with E-state index in [1.807, 2.05) is 10.8 Å². The molecule has 2 fully saturated rings. The van der Waals surface area contributed by atoms with Crippen LogP contribution in [0.3, 0.4) is 0 Å². The number of hydrogen-bond acceptors (Lipinski definition) is 10. The quantitative estimate of drug-likeness (QED) is 0.0959. The average molecular weight is 691 g/mol. The fourth-order valence-electron chi connectivity index (χ4n) is 6.64. The first kappa shape index (κ1) is 39.8. The first-order valence-corrected chi connectivity index (χ1v) is 19.1. The molecule has 0 aromatic rings. The molecule has 0 aromatic heterocycles. The molecule has 6 unspecified atom stereocenters. The minimum Gasteiger partial charge on any atom is -0.458 e. The molecule has 3 heterocycles. The zero-order valence-corrected chi connectivity index (χ0v) is 28.6. The topological polar surface area (TPSA) is 190 Å². The predicted octanol–water partition coefficient (Wildman–Crippen LogP) is 3.62. The molecular formula is C33H58N2O11S. The number of cyclic esters (lactones) is 1. The van der Waals surface area contributed by atoms with Crippen LogP contribution in [0, 0.1) is 0 Å². The number of carbonyl (C=O) groups excluding carboxylic acids is 2. The molecule has 5 N–H and O–H groups in total. The summed E-state index contributed by atoms with van der Waals surface area (Å²) in [5.74, 6) is -1.41. The van der Waals surface area contributed by atoms with Gasteiger partial charge in [0.25, 0.3) is 0 Å². The summed E-state index contributed by atoms with van der Waals surface area (Å²) in [4.78, 5) is 24.8. The van der Waals surface area contributed by atoms with Crippen molar-refractivity contribution in [2.45, 2.75) is 158 Å². The second-order valence-electron chi connectivity index (χ2n) is 13.2. The summed E-state index contributed by atoms with van der Waals surface area (Å²) in [6, 6.07) is -0.892. The number of rotatable bonds is 15. The van der Waals surface area contributed by atoms with Crippen molar-refractivity contribution in [2.24, 2.45) is 0 Å². The molecule has 1 spiro atoms. The monoisotopic (exact) mass is 690 g/mol. The number of allylic oxidation sites excluding steroid dienone is 1. The van der Waals surface area contributed by atoms with E-state index in [4.69, 9.17) is 28.6 Å². The van der Waals surface area contributed by atoms with Crippen molar-refractivity contribution in [1.29, 1.82) is 0 Å². The lowest BCUT2D eigenvalue weighted by molar-refractivity contribution is -0.198. The van der Waals surface area contributed by atoms with E-state index in [-0.39, 0.29) is 31.3 Å². The van der Waals surface area contributed by atoms with Gasteiger partial charge >= 0.3 is 16.3 Å². The first-order valence-electron chi connectivity index (χ1n) is 17.7. The van der Waals surface area contributed by atoms with E-state index >= 15 is 0 Å². The third-order valence-electron chi connectivity index (χ3n) is 9.13. The van der Waals surface area contributed by atoms with Gasteiger partial charge in [0.05, 0.1) is 37.6 Å². The number of aliphatic hydroxyl groups is 2. The largest absolute Gasteiger partial charge is 0.458 e. The maximum Gasteiger partial charge on any atom is 0.333 e. The van der Waals surface area contributed by atoms with Gasteiger partial charge in [0, 0.05) is 19.4 Å². The molecular weight excluding hydrogens is 632 g/mol. The maximum absolute atomic E-state index is 12.6. The van der Waals surface area contributed by atoms with Gasteiger partial charge in [-0.25, -0.2) is 0 Å². The maximum atomic E-state index is 12.6. The molecule has 0 radical (unpaired) electrons. The molecule has 47 heavy (non-hydrogen) atoms. The average Bonchev–Trinajstić information content (AvgIpc) is 3.28. The second kappa shape index (κ2) is 21.4. The van der Waals surface area contributed by atoms with Crippen LogP contribution in [0.2, 0.25) is 0 Å². The molecule has 13 nitrogen and oxygen atoms in total. The van der Waals surface area contributed by atoms with Crippen molar-refractivity contribution in [2.75, 3.05) is 26.4 Å². The lowest BCUT2D eigenvalue weighted by Gasteiger charge is -2.31. The van der Waals surface area contributed by atoms with Crippen LogP contribution < -0.4 is 10.0 Å². The summed E-state index contributed by atoms with van der Waals surface area (Å²) in [5, 5.41) is 22.8. The van der Waals surface area contributed by atoms with Crippen molar-refractivity contribution < 1.29 is 51.7 Å². The van der Waals surface area contributed by atoms with Gasteiger partial charge in [-0.2, -0.15) is 13.1 Å². The summed E-state index contributed by atoms with van der Waals surface area (Å²) in [6.45, 7) is -0.355. The second-order valence-corrected chi connectivity index (χ2v) is 14.4. The number of fused-ring (bicyclic) bond motifs is 3. The highest BCUT2D eigenvalue weighted by molar-refractivity contribution is 7.83. The zero-order chi connectivity index (χ0) is 34.0. The van der Waals surface area contributed by atoms with Crippen LogP contribution in [0.4, 0.5) is 0 Å². The molecule has 3 rings (SSSR count). The standard InChI is InChI=1S/C33H58N2O11S/c36-24-26(35-47(40,41)42)25-43-22-13-7-2-1-4-8-15-27(37)28-16-11-12-20-33-21-14-18-30(46-33)29(45-33)17-9-5-3-6-10-19-31(38)34-23-32(39)44-28/h10,19,26-30,35-37H,1-9,11-18,20-25H2,(H,34,38)(H,40,41,42)/b19-10-. The third-order valence-corrected chi connectivity index (χ3v) is 9.76. The van der Waals surface area contributed by atoms with E-state index in [0.717, 1.165) is 109 Å². The van der Waals surface area contributed by atoms with Gasteiger partial charge in [-0.3, -0.25) is 14.1 Å². The van der Waals surface area contributed by atoms with Gasteiger partial charge < -0.3 is 34.5 Å². The Hall–Kier alpha value is -1.65. The number of nitrogens with one attached hydrogen (secondary N) is 2. The Morgan fingerprint density at radius 2 is 1.62 bits per heavy atom. The van der Waals surface area contributed by atoms with Gasteiger partial charge in [0.2, 0.25) is 5.91 Å². The van der Waals surface area contributed by atoms with Crippen LogP contribution in [0.1, 0.15) is 122 Å². The van der Waals surface area contributed by atoms with Crippen molar-refractivity contribution in [1.82, 2.24) is 10.0 Å². The predicted molar refractivity (Wildman–Crippen MR) is 175 cm³/mol. The fourth-order valence-corrected chi connectivity index (χ4v) is 7.20.